The maximum atomic E-state index is 12.5. The zero-order valence-electron chi connectivity index (χ0n) is 14.6. The quantitative estimate of drug-likeness (QED) is 0.847. The smallest absolute Gasteiger partial charge is 0.271 e. The van der Waals surface area contributed by atoms with Crippen molar-refractivity contribution in [1.29, 1.82) is 0 Å². The van der Waals surface area contributed by atoms with Gasteiger partial charge in [-0.1, -0.05) is 49.4 Å². The fraction of sp³-hybridized carbons (Fsp3) is 0.250. The van der Waals surface area contributed by atoms with Crippen LogP contribution in [0.2, 0.25) is 0 Å². The third kappa shape index (κ3) is 4.14. The summed E-state index contributed by atoms with van der Waals surface area (Å²) in [5.41, 5.74) is 2.95. The zero-order valence-corrected chi connectivity index (χ0v) is 15.4. The van der Waals surface area contributed by atoms with Crippen molar-refractivity contribution in [2.75, 3.05) is 6.61 Å². The lowest BCUT2D eigenvalue weighted by Crippen LogP contribution is -2.35. The third-order valence-electron chi connectivity index (χ3n) is 4.32. The van der Waals surface area contributed by atoms with Crippen LogP contribution in [0.4, 0.5) is 0 Å². The van der Waals surface area contributed by atoms with Gasteiger partial charge in [0.05, 0.1) is 4.91 Å². The van der Waals surface area contributed by atoms with Crippen molar-refractivity contribution in [3.8, 4) is 5.75 Å². The molecule has 1 aliphatic carbocycles. The van der Waals surface area contributed by atoms with Gasteiger partial charge in [0.15, 0.2) is 6.61 Å². The van der Waals surface area contributed by atoms with Crippen LogP contribution in [-0.2, 0) is 27.7 Å². The molecule has 136 valence electrons. The Kier molecular flexibility index (Phi) is 5.42. The SMILES string of the molecule is CCc1ccccc1OCC(=O)NS(=O)(=O)C1=Cc2ccccc2CC1. The Morgan fingerprint density at radius 1 is 1.08 bits per heavy atom. The molecule has 0 heterocycles. The first-order chi connectivity index (χ1) is 12.5. The molecule has 6 heteroatoms. The van der Waals surface area contributed by atoms with Gasteiger partial charge in [0.1, 0.15) is 5.75 Å². The number of sulfonamides is 1. The van der Waals surface area contributed by atoms with Gasteiger partial charge in [0.2, 0.25) is 0 Å². The van der Waals surface area contributed by atoms with Gasteiger partial charge in [0.25, 0.3) is 15.9 Å². The Balaban J connectivity index is 1.66. The zero-order chi connectivity index (χ0) is 18.6. The van der Waals surface area contributed by atoms with Crippen molar-refractivity contribution in [3.05, 3.63) is 70.1 Å². The van der Waals surface area contributed by atoms with Crippen LogP contribution in [0.5, 0.6) is 5.75 Å². The number of amides is 1. The second kappa shape index (κ2) is 7.74. The molecule has 0 radical (unpaired) electrons. The number of hydrogen-bond acceptors (Lipinski definition) is 4. The standard InChI is InChI=1S/C20H21NO4S/c1-2-15-7-5-6-10-19(15)25-14-20(22)21-26(23,24)18-12-11-16-8-3-4-9-17(16)13-18/h3-10,13H,2,11-12,14H2,1H3,(H,21,22). The van der Waals surface area contributed by atoms with Crippen molar-refractivity contribution in [3.63, 3.8) is 0 Å². The lowest BCUT2D eigenvalue weighted by Gasteiger charge is -2.17. The average Bonchev–Trinajstić information content (AvgIpc) is 2.65. The molecule has 26 heavy (non-hydrogen) atoms. The van der Waals surface area contributed by atoms with E-state index in [0.717, 1.165) is 23.1 Å². The summed E-state index contributed by atoms with van der Waals surface area (Å²) in [6.45, 7) is 1.64. The molecule has 2 aromatic carbocycles. The summed E-state index contributed by atoms with van der Waals surface area (Å²) in [5.74, 6) is -0.0935. The number of ether oxygens (including phenoxy) is 1. The van der Waals surface area contributed by atoms with Crippen molar-refractivity contribution < 1.29 is 17.9 Å². The molecule has 0 fully saturated rings. The molecule has 2 aromatic rings. The van der Waals surface area contributed by atoms with Crippen LogP contribution in [0.25, 0.3) is 6.08 Å². The molecule has 1 amide bonds. The Hall–Kier alpha value is -2.60. The van der Waals surface area contributed by atoms with Gasteiger partial charge in [-0.3, -0.25) is 4.79 Å². The van der Waals surface area contributed by atoms with Gasteiger partial charge in [0, 0.05) is 0 Å². The fourth-order valence-electron chi connectivity index (χ4n) is 2.94. The molecule has 0 bridgehead atoms. The molecular formula is C20H21NO4S. The number of allylic oxidation sites excluding steroid dienone is 1. The maximum Gasteiger partial charge on any atom is 0.271 e. The molecule has 1 N–H and O–H groups in total. The van der Waals surface area contributed by atoms with Crippen LogP contribution in [0.3, 0.4) is 0 Å². The van der Waals surface area contributed by atoms with Gasteiger partial charge in [-0.05, 0) is 48.1 Å². The Labute approximate surface area is 153 Å². The van der Waals surface area contributed by atoms with Gasteiger partial charge in [-0.2, -0.15) is 0 Å². The van der Waals surface area contributed by atoms with Crippen LogP contribution >= 0.6 is 0 Å². The number of benzene rings is 2. The number of carbonyl (C=O) groups is 1. The van der Waals surface area contributed by atoms with E-state index in [0.29, 0.717) is 18.6 Å². The van der Waals surface area contributed by atoms with Gasteiger partial charge >= 0.3 is 0 Å². The van der Waals surface area contributed by atoms with Crippen LogP contribution in [0, 0.1) is 0 Å². The third-order valence-corrected chi connectivity index (χ3v) is 5.83. The number of para-hydroxylation sites is 1. The summed E-state index contributed by atoms with van der Waals surface area (Å²) < 4.78 is 32.6. The van der Waals surface area contributed by atoms with E-state index < -0.39 is 15.9 Å². The van der Waals surface area contributed by atoms with E-state index in [1.54, 1.807) is 12.1 Å². The second-order valence-electron chi connectivity index (χ2n) is 6.09. The molecule has 0 aliphatic heterocycles. The van der Waals surface area contributed by atoms with Gasteiger partial charge < -0.3 is 4.74 Å². The van der Waals surface area contributed by atoms with Crippen molar-refractivity contribution in [2.45, 2.75) is 26.2 Å². The summed E-state index contributed by atoms with van der Waals surface area (Å²) in [4.78, 5) is 12.3. The molecule has 0 saturated heterocycles. The van der Waals surface area contributed by atoms with E-state index in [2.05, 4.69) is 4.72 Å². The van der Waals surface area contributed by atoms with Gasteiger partial charge in [-0.25, -0.2) is 13.1 Å². The minimum Gasteiger partial charge on any atom is -0.483 e. The summed E-state index contributed by atoms with van der Waals surface area (Å²) in [7, 11) is -3.86. The average molecular weight is 371 g/mol. The number of carbonyl (C=O) groups excluding carboxylic acids is 1. The highest BCUT2D eigenvalue weighted by Gasteiger charge is 2.23. The Bertz CT molecular complexity index is 948. The number of fused-ring (bicyclic) bond motifs is 1. The van der Waals surface area contributed by atoms with Crippen LogP contribution in [0.1, 0.15) is 30.0 Å². The fourth-order valence-corrected chi connectivity index (χ4v) is 4.09. The number of nitrogens with one attached hydrogen (secondary N) is 1. The largest absolute Gasteiger partial charge is 0.483 e. The molecule has 0 aromatic heterocycles. The predicted octanol–water partition coefficient (Wildman–Crippen LogP) is 3.06. The molecule has 0 unspecified atom stereocenters. The van der Waals surface area contributed by atoms with Crippen molar-refractivity contribution >= 4 is 22.0 Å². The number of hydrogen-bond donors (Lipinski definition) is 1. The monoisotopic (exact) mass is 371 g/mol. The topological polar surface area (TPSA) is 72.5 Å². The van der Waals surface area contributed by atoms with E-state index >= 15 is 0 Å². The lowest BCUT2D eigenvalue weighted by molar-refractivity contribution is -0.121. The summed E-state index contributed by atoms with van der Waals surface area (Å²) in [5, 5.41) is 0. The van der Waals surface area contributed by atoms with Gasteiger partial charge in [-0.15, -0.1) is 0 Å². The first-order valence-electron chi connectivity index (χ1n) is 8.54. The molecule has 3 rings (SSSR count). The van der Waals surface area contributed by atoms with E-state index in [4.69, 9.17) is 4.74 Å². The number of aryl methyl sites for hydroxylation is 2. The molecule has 1 aliphatic rings. The van der Waals surface area contributed by atoms with Crippen LogP contribution < -0.4 is 9.46 Å². The second-order valence-corrected chi connectivity index (χ2v) is 7.82. The maximum absolute atomic E-state index is 12.5. The first-order valence-corrected chi connectivity index (χ1v) is 10.0. The van der Waals surface area contributed by atoms with E-state index in [1.165, 1.54) is 0 Å². The van der Waals surface area contributed by atoms with Crippen LogP contribution in [0.15, 0.2) is 53.4 Å². The highest BCUT2D eigenvalue weighted by molar-refractivity contribution is 7.94. The van der Waals surface area contributed by atoms with E-state index in [-0.39, 0.29) is 11.5 Å². The number of rotatable bonds is 6. The molecule has 0 saturated carbocycles. The molecule has 0 atom stereocenters. The molecular weight excluding hydrogens is 350 g/mol. The first kappa shape index (κ1) is 18.2. The highest BCUT2D eigenvalue weighted by Crippen LogP contribution is 2.26. The summed E-state index contributed by atoms with van der Waals surface area (Å²) in [6.07, 6.45) is 3.40. The Morgan fingerprint density at radius 3 is 2.62 bits per heavy atom. The normalized spacial score (nSPS) is 13.5. The van der Waals surface area contributed by atoms with Crippen LogP contribution in [-0.4, -0.2) is 20.9 Å². The van der Waals surface area contributed by atoms with E-state index in [1.807, 2.05) is 49.4 Å². The Morgan fingerprint density at radius 2 is 1.81 bits per heavy atom. The van der Waals surface area contributed by atoms with Crippen molar-refractivity contribution in [1.82, 2.24) is 4.72 Å². The highest BCUT2D eigenvalue weighted by atomic mass is 32.2. The van der Waals surface area contributed by atoms with E-state index in [9.17, 15) is 13.2 Å². The molecule has 5 nitrogen and oxygen atoms in total. The lowest BCUT2D eigenvalue weighted by atomic mass is 9.98. The molecule has 0 spiro atoms. The summed E-state index contributed by atoms with van der Waals surface area (Å²) in [6, 6.07) is 15.0. The minimum absolute atomic E-state index is 0.221. The van der Waals surface area contributed by atoms with Crippen molar-refractivity contribution in [2.24, 2.45) is 0 Å². The minimum atomic E-state index is -3.86. The summed E-state index contributed by atoms with van der Waals surface area (Å²) >= 11 is 0. The predicted molar refractivity (Wildman–Crippen MR) is 101 cm³/mol.